The molecule has 122 valence electrons. The van der Waals surface area contributed by atoms with Gasteiger partial charge in [-0.15, -0.1) is 0 Å². The van der Waals surface area contributed by atoms with Crippen molar-refractivity contribution in [1.82, 2.24) is 4.72 Å². The second kappa shape index (κ2) is 6.95. The molecule has 23 heavy (non-hydrogen) atoms. The molecule has 0 saturated carbocycles. The standard InChI is InChI=1S/C14H13ClN2O5S/c1-22-14-6-5-12(8-13(14)15)23(20,21)16-9-10-3-2-4-11(7-10)17(18)19/h2-8,16H,9H2,1H3. The topological polar surface area (TPSA) is 98.5 Å². The minimum absolute atomic E-state index is 0.0197. The lowest BCUT2D eigenvalue weighted by atomic mass is 10.2. The lowest BCUT2D eigenvalue weighted by Gasteiger charge is -2.09. The van der Waals surface area contributed by atoms with Crippen molar-refractivity contribution in [2.24, 2.45) is 0 Å². The van der Waals surface area contributed by atoms with Gasteiger partial charge in [0.25, 0.3) is 5.69 Å². The molecule has 0 aliphatic rings. The van der Waals surface area contributed by atoms with Crippen LogP contribution in [0.2, 0.25) is 5.02 Å². The number of nitrogens with zero attached hydrogens (tertiary/aromatic N) is 1. The molecule has 0 aromatic heterocycles. The average Bonchev–Trinajstić information content (AvgIpc) is 2.53. The van der Waals surface area contributed by atoms with Gasteiger partial charge in [0.15, 0.2) is 0 Å². The maximum Gasteiger partial charge on any atom is 0.269 e. The van der Waals surface area contributed by atoms with E-state index in [0.29, 0.717) is 11.3 Å². The van der Waals surface area contributed by atoms with Crippen LogP contribution in [-0.4, -0.2) is 20.5 Å². The van der Waals surface area contributed by atoms with Gasteiger partial charge in [-0.2, -0.15) is 0 Å². The molecule has 0 radical (unpaired) electrons. The van der Waals surface area contributed by atoms with Crippen molar-refractivity contribution in [3.05, 3.63) is 63.2 Å². The number of halogens is 1. The third-order valence-electron chi connectivity index (χ3n) is 3.02. The number of ether oxygens (including phenoxy) is 1. The van der Waals surface area contributed by atoms with E-state index in [0.717, 1.165) is 0 Å². The highest BCUT2D eigenvalue weighted by atomic mass is 35.5. The molecule has 0 amide bonds. The van der Waals surface area contributed by atoms with Gasteiger partial charge in [-0.25, -0.2) is 13.1 Å². The van der Waals surface area contributed by atoms with Gasteiger partial charge in [0.1, 0.15) is 5.75 Å². The number of hydrogen-bond acceptors (Lipinski definition) is 5. The molecule has 0 aliphatic carbocycles. The molecule has 7 nitrogen and oxygen atoms in total. The van der Waals surface area contributed by atoms with E-state index in [1.807, 2.05) is 0 Å². The molecule has 0 spiro atoms. The van der Waals surface area contributed by atoms with Gasteiger partial charge in [-0.1, -0.05) is 23.7 Å². The third-order valence-corrected chi connectivity index (χ3v) is 4.72. The lowest BCUT2D eigenvalue weighted by molar-refractivity contribution is -0.384. The first-order chi connectivity index (χ1) is 10.8. The smallest absolute Gasteiger partial charge is 0.269 e. The Bertz CT molecular complexity index is 839. The highest BCUT2D eigenvalue weighted by Gasteiger charge is 2.16. The fourth-order valence-corrected chi connectivity index (χ4v) is 3.22. The number of sulfonamides is 1. The van der Waals surface area contributed by atoms with Gasteiger partial charge >= 0.3 is 0 Å². The maximum absolute atomic E-state index is 12.2. The molecule has 1 N–H and O–H groups in total. The predicted molar refractivity (Wildman–Crippen MR) is 85.1 cm³/mol. The summed E-state index contributed by atoms with van der Waals surface area (Å²) in [6, 6.07) is 9.81. The zero-order valence-electron chi connectivity index (χ0n) is 12.0. The number of nitro groups is 1. The Kier molecular flexibility index (Phi) is 5.19. The Labute approximate surface area is 138 Å². The zero-order chi connectivity index (χ0) is 17.0. The van der Waals surface area contributed by atoms with E-state index in [4.69, 9.17) is 16.3 Å². The molecule has 2 aromatic rings. The number of benzene rings is 2. The highest BCUT2D eigenvalue weighted by molar-refractivity contribution is 7.89. The average molecular weight is 357 g/mol. The summed E-state index contributed by atoms with van der Waals surface area (Å²) < 4.78 is 31.8. The molecule has 0 aliphatic heterocycles. The lowest BCUT2D eigenvalue weighted by Crippen LogP contribution is -2.23. The van der Waals surface area contributed by atoms with Gasteiger partial charge in [-0.3, -0.25) is 10.1 Å². The fraction of sp³-hybridized carbons (Fsp3) is 0.143. The van der Waals surface area contributed by atoms with Crippen LogP contribution in [0.3, 0.4) is 0 Å². The summed E-state index contributed by atoms with van der Waals surface area (Å²) >= 11 is 5.92. The molecule has 0 unspecified atom stereocenters. The van der Waals surface area contributed by atoms with Crippen molar-refractivity contribution in [2.75, 3.05) is 7.11 Å². The summed E-state index contributed by atoms with van der Waals surface area (Å²) in [5, 5.41) is 10.9. The molecular formula is C14H13ClN2O5S. The van der Waals surface area contributed by atoms with E-state index in [-0.39, 0.29) is 22.2 Å². The van der Waals surface area contributed by atoms with Crippen molar-refractivity contribution < 1.29 is 18.1 Å². The van der Waals surface area contributed by atoms with Crippen molar-refractivity contribution in [3.8, 4) is 5.75 Å². The van der Waals surface area contributed by atoms with Crippen LogP contribution >= 0.6 is 11.6 Å². The fourth-order valence-electron chi connectivity index (χ4n) is 1.86. The van der Waals surface area contributed by atoms with Crippen LogP contribution in [0.1, 0.15) is 5.56 Å². The molecule has 0 fully saturated rings. The van der Waals surface area contributed by atoms with E-state index in [2.05, 4.69) is 4.72 Å². The van der Waals surface area contributed by atoms with E-state index < -0.39 is 14.9 Å². The molecule has 0 atom stereocenters. The Morgan fingerprint density at radius 1 is 1.26 bits per heavy atom. The van der Waals surface area contributed by atoms with Crippen LogP contribution in [0.5, 0.6) is 5.75 Å². The first kappa shape index (κ1) is 17.2. The monoisotopic (exact) mass is 356 g/mol. The Balaban J connectivity index is 2.17. The zero-order valence-corrected chi connectivity index (χ0v) is 13.6. The minimum Gasteiger partial charge on any atom is -0.495 e. The SMILES string of the molecule is COc1ccc(S(=O)(=O)NCc2cccc([N+](=O)[O-])c2)cc1Cl. The Morgan fingerprint density at radius 2 is 2.00 bits per heavy atom. The third kappa shape index (κ3) is 4.19. The van der Waals surface area contributed by atoms with Gasteiger partial charge in [0.2, 0.25) is 10.0 Å². The summed E-state index contributed by atoms with van der Waals surface area (Å²) in [5.74, 6) is 0.365. The first-order valence-electron chi connectivity index (χ1n) is 6.40. The molecule has 2 rings (SSSR count). The summed E-state index contributed by atoms with van der Waals surface area (Å²) in [4.78, 5) is 10.2. The largest absolute Gasteiger partial charge is 0.495 e. The van der Waals surface area contributed by atoms with Gasteiger partial charge in [-0.05, 0) is 23.8 Å². The van der Waals surface area contributed by atoms with E-state index in [9.17, 15) is 18.5 Å². The normalized spacial score (nSPS) is 11.2. The van der Waals surface area contributed by atoms with Crippen LogP contribution in [0.4, 0.5) is 5.69 Å². The molecule has 0 saturated heterocycles. The molecule has 0 bridgehead atoms. The van der Waals surface area contributed by atoms with E-state index >= 15 is 0 Å². The van der Waals surface area contributed by atoms with Crippen LogP contribution in [-0.2, 0) is 16.6 Å². The first-order valence-corrected chi connectivity index (χ1v) is 8.26. The minimum atomic E-state index is -3.80. The Hall–Kier alpha value is -2.16. The van der Waals surface area contributed by atoms with E-state index in [1.165, 1.54) is 43.5 Å². The van der Waals surface area contributed by atoms with Gasteiger partial charge < -0.3 is 4.74 Å². The van der Waals surface area contributed by atoms with Crippen LogP contribution in [0.25, 0.3) is 0 Å². The number of non-ortho nitro benzene ring substituents is 1. The molecule has 9 heteroatoms. The number of rotatable bonds is 6. The summed E-state index contributed by atoms with van der Waals surface area (Å²) in [6.45, 7) is -0.0757. The van der Waals surface area contributed by atoms with Crippen LogP contribution < -0.4 is 9.46 Å². The second-order valence-corrected chi connectivity index (χ2v) is 6.72. The molecule has 2 aromatic carbocycles. The number of methoxy groups -OCH3 is 1. The number of hydrogen-bond donors (Lipinski definition) is 1. The highest BCUT2D eigenvalue weighted by Crippen LogP contribution is 2.27. The maximum atomic E-state index is 12.2. The predicted octanol–water partition coefficient (Wildman–Crippen LogP) is 2.74. The Morgan fingerprint density at radius 3 is 2.61 bits per heavy atom. The summed E-state index contributed by atoms with van der Waals surface area (Å²) in [7, 11) is -2.37. The second-order valence-electron chi connectivity index (χ2n) is 4.55. The van der Waals surface area contributed by atoms with Crippen molar-refractivity contribution >= 4 is 27.3 Å². The van der Waals surface area contributed by atoms with Crippen LogP contribution in [0.15, 0.2) is 47.4 Å². The summed E-state index contributed by atoms with van der Waals surface area (Å²) in [5.41, 5.74) is 0.372. The molecule has 0 heterocycles. The number of nitro benzene ring substituents is 1. The van der Waals surface area contributed by atoms with Crippen molar-refractivity contribution in [2.45, 2.75) is 11.4 Å². The van der Waals surface area contributed by atoms with Crippen molar-refractivity contribution in [3.63, 3.8) is 0 Å². The van der Waals surface area contributed by atoms with Gasteiger partial charge in [0.05, 0.1) is 22.0 Å². The van der Waals surface area contributed by atoms with Crippen molar-refractivity contribution in [1.29, 1.82) is 0 Å². The van der Waals surface area contributed by atoms with Crippen LogP contribution in [0, 0.1) is 10.1 Å². The van der Waals surface area contributed by atoms with E-state index in [1.54, 1.807) is 6.07 Å². The number of nitrogens with one attached hydrogen (secondary N) is 1. The quantitative estimate of drug-likeness (QED) is 0.633. The molecular weight excluding hydrogens is 344 g/mol. The summed E-state index contributed by atoms with van der Waals surface area (Å²) in [6.07, 6.45) is 0. The van der Waals surface area contributed by atoms with Gasteiger partial charge in [0, 0.05) is 18.7 Å².